The van der Waals surface area contributed by atoms with Gasteiger partial charge in [-0.25, -0.2) is 4.79 Å². The normalized spacial score (nSPS) is 12.9. The maximum Gasteiger partial charge on any atom is 0.319 e. The van der Waals surface area contributed by atoms with Crippen LogP contribution in [0.25, 0.3) is 0 Å². The number of aliphatic hydroxyl groups excluding tert-OH is 1. The summed E-state index contributed by atoms with van der Waals surface area (Å²) in [4.78, 5) is 12.9. The predicted octanol–water partition coefficient (Wildman–Crippen LogP) is 3.98. The second-order valence-electron chi connectivity index (χ2n) is 5.87. The van der Waals surface area contributed by atoms with Crippen molar-refractivity contribution in [3.8, 4) is 0 Å². The number of benzene rings is 1. The first-order chi connectivity index (χ1) is 9.73. The molecule has 4 nitrogen and oxygen atoms in total. The van der Waals surface area contributed by atoms with Crippen LogP contribution in [-0.4, -0.2) is 30.0 Å². The second kappa shape index (κ2) is 7.92. The molecule has 1 unspecified atom stereocenters. The Morgan fingerprint density at radius 3 is 2.71 bits per heavy atom. The SMILES string of the molecule is CSc1ccc(Cl)cc1NC(=O)NCC(C)(C)CC(C)O. The van der Waals surface area contributed by atoms with E-state index in [0.717, 1.165) is 4.90 Å². The van der Waals surface area contributed by atoms with Crippen LogP contribution in [0.4, 0.5) is 10.5 Å². The Bertz CT molecular complexity index is 493. The minimum Gasteiger partial charge on any atom is -0.393 e. The summed E-state index contributed by atoms with van der Waals surface area (Å²) in [5.41, 5.74) is 0.531. The number of thioether (sulfide) groups is 1. The fourth-order valence-corrected chi connectivity index (χ4v) is 2.84. The quantitative estimate of drug-likeness (QED) is 0.691. The molecule has 1 atom stereocenters. The molecule has 2 amide bonds. The van der Waals surface area contributed by atoms with E-state index in [-0.39, 0.29) is 17.6 Å². The highest BCUT2D eigenvalue weighted by Crippen LogP contribution is 2.28. The summed E-state index contributed by atoms with van der Waals surface area (Å²) in [5, 5.41) is 15.7. The predicted molar refractivity (Wildman–Crippen MR) is 90.3 cm³/mol. The van der Waals surface area contributed by atoms with Crippen LogP contribution in [0.1, 0.15) is 27.2 Å². The van der Waals surface area contributed by atoms with Crippen molar-refractivity contribution in [1.29, 1.82) is 0 Å². The third kappa shape index (κ3) is 6.59. The molecule has 21 heavy (non-hydrogen) atoms. The van der Waals surface area contributed by atoms with Crippen LogP contribution in [0.2, 0.25) is 5.02 Å². The van der Waals surface area contributed by atoms with Gasteiger partial charge in [0.15, 0.2) is 0 Å². The molecule has 6 heteroatoms. The minimum atomic E-state index is -0.388. The molecule has 0 aliphatic heterocycles. The summed E-state index contributed by atoms with van der Waals surface area (Å²) in [6.07, 6.45) is 2.18. The lowest BCUT2D eigenvalue weighted by Crippen LogP contribution is -2.38. The Morgan fingerprint density at radius 2 is 2.14 bits per heavy atom. The molecule has 0 fully saturated rings. The number of carbonyl (C=O) groups is 1. The molecule has 0 saturated heterocycles. The van der Waals surface area contributed by atoms with Gasteiger partial charge in [0.25, 0.3) is 0 Å². The maximum absolute atomic E-state index is 12.0. The van der Waals surface area contributed by atoms with Crippen molar-refractivity contribution in [1.82, 2.24) is 5.32 Å². The van der Waals surface area contributed by atoms with Crippen LogP contribution in [0.15, 0.2) is 23.1 Å². The molecule has 0 aliphatic rings. The van der Waals surface area contributed by atoms with Gasteiger partial charge >= 0.3 is 6.03 Å². The van der Waals surface area contributed by atoms with Gasteiger partial charge in [-0.3, -0.25) is 0 Å². The second-order valence-corrected chi connectivity index (χ2v) is 7.15. The third-order valence-electron chi connectivity index (χ3n) is 2.99. The fourth-order valence-electron chi connectivity index (χ4n) is 2.14. The maximum atomic E-state index is 12.0. The van der Waals surface area contributed by atoms with Gasteiger partial charge in [-0.2, -0.15) is 0 Å². The van der Waals surface area contributed by atoms with Crippen LogP contribution >= 0.6 is 23.4 Å². The van der Waals surface area contributed by atoms with Crippen molar-refractivity contribution < 1.29 is 9.90 Å². The minimum absolute atomic E-state index is 0.165. The molecule has 1 rings (SSSR count). The average molecular weight is 331 g/mol. The highest BCUT2D eigenvalue weighted by atomic mass is 35.5. The van der Waals surface area contributed by atoms with Crippen LogP contribution in [0.3, 0.4) is 0 Å². The van der Waals surface area contributed by atoms with E-state index in [2.05, 4.69) is 10.6 Å². The van der Waals surface area contributed by atoms with Crippen molar-refractivity contribution in [2.75, 3.05) is 18.1 Å². The van der Waals surface area contributed by atoms with Crippen molar-refractivity contribution in [2.45, 2.75) is 38.2 Å². The molecule has 0 radical (unpaired) electrons. The Labute approximate surface area is 135 Å². The summed E-state index contributed by atoms with van der Waals surface area (Å²) in [6, 6.07) is 5.13. The van der Waals surface area contributed by atoms with Gasteiger partial charge in [0.05, 0.1) is 11.8 Å². The molecule has 0 bridgehead atoms. The van der Waals surface area contributed by atoms with E-state index in [4.69, 9.17) is 11.6 Å². The summed E-state index contributed by atoms with van der Waals surface area (Å²) in [6.45, 7) is 6.25. The van der Waals surface area contributed by atoms with E-state index in [1.165, 1.54) is 0 Å². The van der Waals surface area contributed by atoms with Gasteiger partial charge in [-0.1, -0.05) is 25.4 Å². The van der Waals surface area contributed by atoms with Gasteiger partial charge in [0.1, 0.15) is 0 Å². The number of anilines is 1. The Kier molecular flexibility index (Phi) is 6.84. The van der Waals surface area contributed by atoms with E-state index in [1.54, 1.807) is 30.8 Å². The van der Waals surface area contributed by atoms with E-state index in [9.17, 15) is 9.90 Å². The first-order valence-corrected chi connectivity index (χ1v) is 8.40. The summed E-state index contributed by atoms with van der Waals surface area (Å²) in [7, 11) is 0. The van der Waals surface area contributed by atoms with E-state index in [0.29, 0.717) is 23.7 Å². The number of rotatable bonds is 6. The molecule has 0 saturated carbocycles. The van der Waals surface area contributed by atoms with Gasteiger partial charge in [-0.15, -0.1) is 11.8 Å². The average Bonchev–Trinajstić information content (AvgIpc) is 2.35. The van der Waals surface area contributed by atoms with Crippen LogP contribution in [0, 0.1) is 5.41 Å². The zero-order valence-corrected chi connectivity index (χ0v) is 14.4. The van der Waals surface area contributed by atoms with Crippen LogP contribution < -0.4 is 10.6 Å². The monoisotopic (exact) mass is 330 g/mol. The van der Waals surface area contributed by atoms with Gasteiger partial charge in [0, 0.05) is 16.5 Å². The third-order valence-corrected chi connectivity index (χ3v) is 4.02. The number of urea groups is 1. The zero-order chi connectivity index (χ0) is 16.0. The summed E-state index contributed by atoms with van der Waals surface area (Å²) >= 11 is 7.50. The molecule has 118 valence electrons. The van der Waals surface area contributed by atoms with Gasteiger partial charge in [0.2, 0.25) is 0 Å². The molecular formula is C15H23ClN2O2S. The molecule has 0 spiro atoms. The van der Waals surface area contributed by atoms with Crippen molar-refractivity contribution in [2.24, 2.45) is 5.41 Å². The Balaban J connectivity index is 2.60. The van der Waals surface area contributed by atoms with Gasteiger partial charge in [-0.05, 0) is 43.2 Å². The molecule has 0 aliphatic carbocycles. The smallest absolute Gasteiger partial charge is 0.319 e. The van der Waals surface area contributed by atoms with Crippen LogP contribution in [-0.2, 0) is 0 Å². The number of nitrogens with one attached hydrogen (secondary N) is 2. The van der Waals surface area contributed by atoms with Crippen molar-refractivity contribution >= 4 is 35.1 Å². The molecule has 3 N–H and O–H groups in total. The highest BCUT2D eigenvalue weighted by molar-refractivity contribution is 7.98. The highest BCUT2D eigenvalue weighted by Gasteiger charge is 2.21. The summed E-state index contributed by atoms with van der Waals surface area (Å²) < 4.78 is 0. The molecule has 0 heterocycles. The molecular weight excluding hydrogens is 308 g/mol. The first-order valence-electron chi connectivity index (χ1n) is 6.80. The van der Waals surface area contributed by atoms with E-state index < -0.39 is 0 Å². The van der Waals surface area contributed by atoms with E-state index >= 15 is 0 Å². The lowest BCUT2D eigenvalue weighted by atomic mass is 9.87. The van der Waals surface area contributed by atoms with Crippen molar-refractivity contribution in [3.05, 3.63) is 23.2 Å². The number of carbonyl (C=O) groups excluding carboxylic acids is 1. The summed E-state index contributed by atoms with van der Waals surface area (Å²) in [5.74, 6) is 0. The zero-order valence-electron chi connectivity index (χ0n) is 12.9. The number of hydrogen-bond acceptors (Lipinski definition) is 3. The number of hydrogen-bond donors (Lipinski definition) is 3. The molecule has 0 aromatic heterocycles. The number of aliphatic hydroxyl groups is 1. The standard InChI is InChI=1S/C15H23ClN2O2S/c1-10(19)8-15(2,3)9-17-14(20)18-12-7-11(16)5-6-13(12)21-4/h5-7,10,19H,8-9H2,1-4H3,(H2,17,18,20). The largest absolute Gasteiger partial charge is 0.393 e. The fraction of sp³-hybridized carbons (Fsp3) is 0.533. The topological polar surface area (TPSA) is 61.4 Å². The molecule has 1 aromatic carbocycles. The number of halogens is 1. The lowest BCUT2D eigenvalue weighted by Gasteiger charge is -2.26. The molecule has 1 aromatic rings. The van der Waals surface area contributed by atoms with Crippen LogP contribution in [0.5, 0.6) is 0 Å². The lowest BCUT2D eigenvalue weighted by molar-refractivity contribution is 0.129. The van der Waals surface area contributed by atoms with Gasteiger partial charge < -0.3 is 15.7 Å². The Morgan fingerprint density at radius 1 is 1.48 bits per heavy atom. The first kappa shape index (κ1) is 18.1. The van der Waals surface area contributed by atoms with Crippen molar-refractivity contribution in [3.63, 3.8) is 0 Å². The number of amides is 2. The van der Waals surface area contributed by atoms with E-state index in [1.807, 2.05) is 26.2 Å². The Hall–Kier alpha value is -0.910.